The molecule has 1 aliphatic rings. The maximum Gasteiger partial charge on any atom is 0.283 e. The van der Waals surface area contributed by atoms with Crippen LogP contribution in [0.3, 0.4) is 0 Å². The van der Waals surface area contributed by atoms with Crippen molar-refractivity contribution in [3.05, 3.63) is 77.1 Å². The molecule has 1 heterocycles. The SMILES string of the molecule is NC1=[N+]([O-])c2ccccc2N([O-])C1C(=O)Nc1ccc2ccccc2c1. The molecule has 3 aromatic rings. The Kier molecular flexibility index (Phi) is 3.70. The molecule has 3 N–H and O–H groups in total. The van der Waals surface area contributed by atoms with Crippen LogP contribution in [-0.4, -0.2) is 22.5 Å². The van der Waals surface area contributed by atoms with Gasteiger partial charge in [0.1, 0.15) is 0 Å². The molecule has 0 saturated carbocycles. The number of carbonyl (C=O) groups is 1. The Morgan fingerprint density at radius 2 is 1.73 bits per heavy atom. The number of amidine groups is 1. The molecule has 0 aromatic heterocycles. The molecule has 7 heteroatoms. The summed E-state index contributed by atoms with van der Waals surface area (Å²) >= 11 is 0. The average molecular weight is 347 g/mol. The fourth-order valence-electron chi connectivity index (χ4n) is 3.05. The van der Waals surface area contributed by atoms with Crippen molar-refractivity contribution in [2.24, 2.45) is 5.73 Å². The molecule has 0 aliphatic carbocycles. The first kappa shape index (κ1) is 15.9. The minimum Gasteiger partial charge on any atom is -0.757 e. The molecule has 1 atom stereocenters. The van der Waals surface area contributed by atoms with E-state index in [0.29, 0.717) is 15.5 Å². The summed E-state index contributed by atoms with van der Waals surface area (Å²) in [6.07, 6.45) is 0. The van der Waals surface area contributed by atoms with Crippen LogP contribution in [0.5, 0.6) is 0 Å². The van der Waals surface area contributed by atoms with Gasteiger partial charge in [0, 0.05) is 5.69 Å². The Bertz CT molecular complexity index is 1050. The molecule has 0 spiro atoms. The van der Waals surface area contributed by atoms with Crippen LogP contribution in [0.1, 0.15) is 0 Å². The van der Waals surface area contributed by atoms with Crippen LogP contribution in [0, 0.1) is 10.4 Å². The lowest BCUT2D eigenvalue weighted by Crippen LogP contribution is -2.54. The van der Waals surface area contributed by atoms with Gasteiger partial charge in [-0.3, -0.25) is 10.5 Å². The Morgan fingerprint density at radius 1 is 1.04 bits per heavy atom. The van der Waals surface area contributed by atoms with E-state index in [-0.39, 0.29) is 17.2 Å². The maximum absolute atomic E-state index is 12.7. The number of amides is 1. The van der Waals surface area contributed by atoms with Gasteiger partial charge in [-0.15, -0.1) is 0 Å². The number of nitrogens with two attached hydrogens (primary N) is 1. The Balaban J connectivity index is 1.66. The Hall–Kier alpha value is -3.58. The van der Waals surface area contributed by atoms with E-state index in [1.54, 1.807) is 24.3 Å². The lowest BCUT2D eigenvalue weighted by molar-refractivity contribution is -0.364. The molecular weight excluding hydrogens is 332 g/mol. The second-order valence-electron chi connectivity index (χ2n) is 5.99. The van der Waals surface area contributed by atoms with E-state index < -0.39 is 11.9 Å². The standard InChI is InChI=1S/C19H15N4O3/c20-18-17(22(25)15-7-3-4-8-16(15)23(18)26)19(24)21-14-10-9-12-5-1-2-6-13(12)11-14/h1-11,17H,20H2,(H,21,24)/q-1. The molecule has 1 aliphatic heterocycles. The number of hydrogen-bond donors (Lipinski definition) is 2. The maximum atomic E-state index is 12.7. The molecular formula is C19H15N4O3-. The van der Waals surface area contributed by atoms with Gasteiger partial charge >= 0.3 is 0 Å². The molecule has 0 fully saturated rings. The Labute approximate surface area is 149 Å². The predicted octanol–water partition coefficient (Wildman–Crippen LogP) is 2.66. The minimum absolute atomic E-state index is 0.107. The van der Waals surface area contributed by atoms with Crippen LogP contribution in [0.15, 0.2) is 66.7 Å². The van der Waals surface area contributed by atoms with E-state index >= 15 is 0 Å². The fraction of sp³-hybridized carbons (Fsp3) is 0.0526. The molecule has 130 valence electrons. The number of benzene rings is 3. The van der Waals surface area contributed by atoms with Crippen molar-refractivity contribution in [3.8, 4) is 0 Å². The van der Waals surface area contributed by atoms with Gasteiger partial charge in [0.15, 0.2) is 5.69 Å². The highest BCUT2D eigenvalue weighted by Gasteiger charge is 2.35. The van der Waals surface area contributed by atoms with E-state index in [4.69, 9.17) is 5.73 Å². The molecule has 1 unspecified atom stereocenters. The smallest absolute Gasteiger partial charge is 0.283 e. The molecule has 4 rings (SSSR count). The van der Waals surface area contributed by atoms with Gasteiger partial charge in [-0.1, -0.05) is 42.5 Å². The van der Waals surface area contributed by atoms with Gasteiger partial charge in [-0.05, 0) is 35.0 Å². The van der Waals surface area contributed by atoms with Gasteiger partial charge < -0.3 is 20.8 Å². The zero-order valence-electron chi connectivity index (χ0n) is 13.6. The highest BCUT2D eigenvalue weighted by molar-refractivity contribution is 6.14. The van der Waals surface area contributed by atoms with Crippen molar-refractivity contribution in [3.63, 3.8) is 0 Å². The summed E-state index contributed by atoms with van der Waals surface area (Å²) in [6, 6.07) is 17.9. The average Bonchev–Trinajstić information content (AvgIpc) is 2.66. The number of anilines is 2. The molecule has 7 nitrogen and oxygen atoms in total. The van der Waals surface area contributed by atoms with Crippen LogP contribution < -0.4 is 16.1 Å². The Morgan fingerprint density at radius 3 is 2.54 bits per heavy atom. The number of carbonyl (C=O) groups excluding carboxylic acids is 1. The lowest BCUT2D eigenvalue weighted by atomic mass is 10.1. The zero-order valence-corrected chi connectivity index (χ0v) is 13.6. The molecule has 1 amide bonds. The predicted molar refractivity (Wildman–Crippen MR) is 101 cm³/mol. The third kappa shape index (κ3) is 2.51. The van der Waals surface area contributed by atoms with Gasteiger partial charge in [0.25, 0.3) is 11.7 Å². The zero-order chi connectivity index (χ0) is 18.3. The van der Waals surface area contributed by atoms with Gasteiger partial charge in [-0.25, -0.2) is 4.74 Å². The number of rotatable bonds is 2. The second-order valence-corrected chi connectivity index (χ2v) is 5.99. The molecule has 0 saturated heterocycles. The van der Waals surface area contributed by atoms with E-state index in [1.165, 1.54) is 12.1 Å². The molecule has 0 radical (unpaired) electrons. The summed E-state index contributed by atoms with van der Waals surface area (Å²) in [5.41, 5.74) is 6.55. The number of hydroxylamine groups is 1. The summed E-state index contributed by atoms with van der Waals surface area (Å²) in [5, 5.41) is 30.0. The second kappa shape index (κ2) is 6.05. The molecule has 3 aromatic carbocycles. The number of para-hydroxylation sites is 2. The lowest BCUT2D eigenvalue weighted by Gasteiger charge is -2.41. The highest BCUT2D eigenvalue weighted by Crippen LogP contribution is 2.32. The van der Waals surface area contributed by atoms with Gasteiger partial charge in [0.2, 0.25) is 6.04 Å². The first-order chi connectivity index (χ1) is 12.6. The van der Waals surface area contributed by atoms with Crippen LogP contribution in [0.2, 0.25) is 0 Å². The third-order valence-corrected chi connectivity index (χ3v) is 4.35. The highest BCUT2D eigenvalue weighted by atomic mass is 16.5. The number of fused-ring (bicyclic) bond motifs is 2. The summed E-state index contributed by atoms with van der Waals surface area (Å²) < 4.78 is 0.425. The van der Waals surface area contributed by atoms with Crippen LogP contribution in [0.25, 0.3) is 10.8 Å². The normalized spacial score (nSPS) is 16.5. The number of nitrogens with one attached hydrogen (secondary N) is 1. The largest absolute Gasteiger partial charge is 0.757 e. The quantitative estimate of drug-likeness (QED) is 0.547. The fourth-order valence-corrected chi connectivity index (χ4v) is 3.05. The first-order valence-electron chi connectivity index (χ1n) is 8.01. The monoisotopic (exact) mass is 347 g/mol. The van der Waals surface area contributed by atoms with Crippen LogP contribution >= 0.6 is 0 Å². The summed E-state index contributed by atoms with van der Waals surface area (Å²) in [5.74, 6) is -1.03. The first-order valence-corrected chi connectivity index (χ1v) is 8.01. The van der Waals surface area contributed by atoms with Crippen molar-refractivity contribution in [2.75, 3.05) is 10.4 Å². The van der Waals surface area contributed by atoms with E-state index in [9.17, 15) is 15.2 Å². The van der Waals surface area contributed by atoms with Crippen LogP contribution in [0.4, 0.5) is 17.1 Å². The van der Waals surface area contributed by atoms with Crippen molar-refractivity contribution in [2.45, 2.75) is 6.04 Å². The van der Waals surface area contributed by atoms with E-state index in [1.807, 2.05) is 30.3 Å². The molecule has 0 bridgehead atoms. The number of nitrogens with zero attached hydrogens (tertiary/aromatic N) is 2. The minimum atomic E-state index is -1.44. The van der Waals surface area contributed by atoms with Crippen molar-refractivity contribution in [1.82, 2.24) is 0 Å². The number of hydrogen-bond acceptors (Lipinski definition) is 5. The van der Waals surface area contributed by atoms with Gasteiger partial charge in [0.05, 0.1) is 5.69 Å². The van der Waals surface area contributed by atoms with Crippen molar-refractivity contribution >= 4 is 39.6 Å². The summed E-state index contributed by atoms with van der Waals surface area (Å²) in [6.45, 7) is 0. The van der Waals surface area contributed by atoms with Crippen molar-refractivity contribution < 1.29 is 9.53 Å². The summed E-state index contributed by atoms with van der Waals surface area (Å²) in [7, 11) is 0. The van der Waals surface area contributed by atoms with Gasteiger partial charge in [-0.2, -0.15) is 0 Å². The van der Waals surface area contributed by atoms with E-state index in [2.05, 4.69) is 5.32 Å². The molecule has 26 heavy (non-hydrogen) atoms. The van der Waals surface area contributed by atoms with E-state index in [0.717, 1.165) is 10.8 Å². The topological polar surface area (TPSA) is 107 Å². The third-order valence-electron chi connectivity index (χ3n) is 4.35. The van der Waals surface area contributed by atoms with Crippen molar-refractivity contribution in [1.29, 1.82) is 0 Å². The summed E-state index contributed by atoms with van der Waals surface area (Å²) in [4.78, 5) is 12.7. The van der Waals surface area contributed by atoms with Crippen LogP contribution in [-0.2, 0) is 4.79 Å².